The fourth-order valence-corrected chi connectivity index (χ4v) is 5.04. The first-order valence-corrected chi connectivity index (χ1v) is 13.6. The standard InChI is InChI=1S/C31H33N3O6/c1-3-4-7-17-39-24-12-11-22(19-25(24)38-2)28-27(29(35)26-18-21-9-5-6-10-23(21)40-26)30(36)31(37)34(28)15-8-14-33-16-13-32-20-33/h5-6,9-13,16,18-20,28,36H,3-4,7-8,14-15,17H2,1-2H3/t28-/m1/s1. The number of ether oxygens (including phenoxy) is 2. The van der Waals surface area contributed by atoms with Crippen molar-refractivity contribution < 1.29 is 28.6 Å². The number of methoxy groups -OCH3 is 1. The lowest BCUT2D eigenvalue weighted by Gasteiger charge is -2.27. The Morgan fingerprint density at radius 1 is 1.07 bits per heavy atom. The highest BCUT2D eigenvalue weighted by Crippen LogP contribution is 2.42. The Bertz CT molecular complexity index is 1490. The molecule has 208 valence electrons. The number of aryl methyl sites for hydroxylation is 1. The van der Waals surface area contributed by atoms with E-state index in [0.29, 0.717) is 48.8 Å². The summed E-state index contributed by atoms with van der Waals surface area (Å²) in [4.78, 5) is 32.8. The number of aromatic nitrogens is 2. The Morgan fingerprint density at radius 3 is 2.67 bits per heavy atom. The molecule has 3 heterocycles. The Kier molecular flexibility index (Phi) is 8.19. The van der Waals surface area contributed by atoms with Gasteiger partial charge < -0.3 is 28.5 Å². The summed E-state index contributed by atoms with van der Waals surface area (Å²) in [6, 6.07) is 13.4. The Morgan fingerprint density at radius 2 is 1.93 bits per heavy atom. The van der Waals surface area contributed by atoms with Gasteiger partial charge in [-0.1, -0.05) is 44.0 Å². The third kappa shape index (κ3) is 5.45. The molecule has 4 aromatic rings. The second kappa shape index (κ2) is 12.1. The summed E-state index contributed by atoms with van der Waals surface area (Å²) in [6.07, 6.45) is 8.92. The first-order chi connectivity index (χ1) is 19.5. The zero-order valence-corrected chi connectivity index (χ0v) is 22.7. The number of ketones is 1. The third-order valence-corrected chi connectivity index (χ3v) is 7.08. The number of aliphatic hydroxyl groups is 1. The predicted molar refractivity (Wildman–Crippen MR) is 150 cm³/mol. The second-order valence-corrected chi connectivity index (χ2v) is 9.76. The van der Waals surface area contributed by atoms with Gasteiger partial charge in [0, 0.05) is 30.9 Å². The number of hydrogen-bond acceptors (Lipinski definition) is 7. The SMILES string of the molecule is CCCCCOc1ccc([C@@H]2C(C(=O)c3cc4ccccc4o3)=C(O)C(=O)N2CCCn2ccnc2)cc1OC. The Hall–Kier alpha value is -4.53. The Labute approximate surface area is 232 Å². The van der Waals surface area contributed by atoms with Crippen LogP contribution in [-0.4, -0.2) is 51.5 Å². The van der Waals surface area contributed by atoms with Crippen LogP contribution in [0.25, 0.3) is 11.0 Å². The van der Waals surface area contributed by atoms with Crippen molar-refractivity contribution in [2.45, 2.75) is 45.2 Å². The van der Waals surface area contributed by atoms with Gasteiger partial charge in [-0.25, -0.2) is 4.98 Å². The van der Waals surface area contributed by atoms with Crippen molar-refractivity contribution in [3.05, 3.63) is 89.9 Å². The van der Waals surface area contributed by atoms with Gasteiger partial charge in [-0.3, -0.25) is 9.59 Å². The van der Waals surface area contributed by atoms with Gasteiger partial charge >= 0.3 is 0 Å². The van der Waals surface area contributed by atoms with E-state index < -0.39 is 23.5 Å². The van der Waals surface area contributed by atoms with E-state index >= 15 is 0 Å². The van der Waals surface area contributed by atoms with E-state index in [-0.39, 0.29) is 11.3 Å². The van der Waals surface area contributed by atoms with Gasteiger partial charge in [0.25, 0.3) is 5.91 Å². The van der Waals surface area contributed by atoms with Gasteiger partial charge in [-0.2, -0.15) is 0 Å². The van der Waals surface area contributed by atoms with Crippen LogP contribution in [0.1, 0.15) is 54.8 Å². The van der Waals surface area contributed by atoms with Crippen LogP contribution in [-0.2, 0) is 11.3 Å². The Balaban J connectivity index is 1.48. The van der Waals surface area contributed by atoms with Crippen molar-refractivity contribution in [1.29, 1.82) is 0 Å². The van der Waals surface area contributed by atoms with Crippen LogP contribution in [0.2, 0.25) is 0 Å². The largest absolute Gasteiger partial charge is 0.503 e. The molecule has 0 bridgehead atoms. The number of carbonyl (C=O) groups excluding carboxylic acids is 2. The van der Waals surface area contributed by atoms with Crippen molar-refractivity contribution in [2.75, 3.05) is 20.3 Å². The molecule has 0 aliphatic carbocycles. The summed E-state index contributed by atoms with van der Waals surface area (Å²) in [5, 5.41) is 11.8. The van der Waals surface area contributed by atoms with Crippen molar-refractivity contribution in [3.63, 3.8) is 0 Å². The van der Waals surface area contributed by atoms with Gasteiger partial charge in [0.2, 0.25) is 5.78 Å². The highest BCUT2D eigenvalue weighted by atomic mass is 16.5. The normalized spacial score (nSPS) is 15.3. The molecule has 0 radical (unpaired) electrons. The first-order valence-electron chi connectivity index (χ1n) is 13.6. The number of nitrogens with zero attached hydrogens (tertiary/aromatic N) is 3. The second-order valence-electron chi connectivity index (χ2n) is 9.76. The van der Waals surface area contributed by atoms with Crippen LogP contribution >= 0.6 is 0 Å². The van der Waals surface area contributed by atoms with Crippen LogP contribution in [0.4, 0.5) is 0 Å². The molecule has 2 aromatic carbocycles. The lowest BCUT2D eigenvalue weighted by Crippen LogP contribution is -2.32. The highest BCUT2D eigenvalue weighted by Gasteiger charge is 2.44. The van der Waals surface area contributed by atoms with Crippen LogP contribution in [0.5, 0.6) is 11.5 Å². The number of hydrogen-bond donors (Lipinski definition) is 1. The van der Waals surface area contributed by atoms with Gasteiger partial charge in [-0.15, -0.1) is 0 Å². The van der Waals surface area contributed by atoms with E-state index in [1.807, 2.05) is 35.0 Å². The molecular weight excluding hydrogens is 510 g/mol. The quantitative estimate of drug-likeness (QED) is 0.166. The molecule has 5 rings (SSSR count). The van der Waals surface area contributed by atoms with Gasteiger partial charge in [-0.05, 0) is 42.7 Å². The van der Waals surface area contributed by atoms with Gasteiger partial charge in [0.15, 0.2) is 23.0 Å². The average molecular weight is 544 g/mol. The number of Topliss-reactive ketones (excluding diaryl/α,β-unsaturated/α-hetero) is 1. The average Bonchev–Trinajstić information content (AvgIpc) is 3.70. The van der Waals surface area contributed by atoms with E-state index in [1.54, 1.807) is 43.9 Å². The molecule has 0 spiro atoms. The lowest BCUT2D eigenvalue weighted by molar-refractivity contribution is -0.129. The number of amides is 1. The van der Waals surface area contributed by atoms with Crippen molar-refractivity contribution >= 4 is 22.7 Å². The summed E-state index contributed by atoms with van der Waals surface area (Å²) >= 11 is 0. The molecule has 1 N–H and O–H groups in total. The first kappa shape index (κ1) is 27.1. The van der Waals surface area contributed by atoms with E-state index in [0.717, 1.165) is 24.6 Å². The number of para-hydroxylation sites is 1. The fourth-order valence-electron chi connectivity index (χ4n) is 5.04. The lowest BCUT2D eigenvalue weighted by atomic mass is 9.94. The number of aliphatic hydroxyl groups excluding tert-OH is 1. The number of rotatable bonds is 13. The molecule has 0 saturated carbocycles. The zero-order chi connectivity index (χ0) is 28.1. The number of benzene rings is 2. The van der Waals surface area contributed by atoms with E-state index in [2.05, 4.69) is 11.9 Å². The van der Waals surface area contributed by atoms with Crippen LogP contribution in [0.15, 0.2) is 83.0 Å². The number of fused-ring (bicyclic) bond motifs is 1. The number of imidazole rings is 1. The molecular formula is C31H33N3O6. The topological polar surface area (TPSA) is 107 Å². The predicted octanol–water partition coefficient (Wildman–Crippen LogP) is 5.88. The molecule has 1 amide bonds. The maximum atomic E-state index is 13.8. The molecule has 9 nitrogen and oxygen atoms in total. The molecule has 40 heavy (non-hydrogen) atoms. The molecule has 0 saturated heterocycles. The molecule has 1 atom stereocenters. The highest BCUT2D eigenvalue weighted by molar-refractivity contribution is 6.16. The number of furan rings is 1. The summed E-state index contributed by atoms with van der Waals surface area (Å²) < 4.78 is 19.3. The maximum absolute atomic E-state index is 13.8. The van der Waals surface area contributed by atoms with Crippen molar-refractivity contribution in [1.82, 2.24) is 14.5 Å². The maximum Gasteiger partial charge on any atom is 0.290 e. The van der Waals surface area contributed by atoms with Crippen LogP contribution in [0.3, 0.4) is 0 Å². The third-order valence-electron chi connectivity index (χ3n) is 7.08. The monoisotopic (exact) mass is 543 g/mol. The van der Waals surface area contributed by atoms with Crippen molar-refractivity contribution in [3.8, 4) is 11.5 Å². The smallest absolute Gasteiger partial charge is 0.290 e. The van der Waals surface area contributed by atoms with Gasteiger partial charge in [0.05, 0.1) is 31.7 Å². The minimum Gasteiger partial charge on any atom is -0.503 e. The molecule has 1 aliphatic heterocycles. The number of unbranched alkanes of at least 4 members (excludes halogenated alkanes) is 2. The molecule has 9 heteroatoms. The van der Waals surface area contributed by atoms with Crippen molar-refractivity contribution in [2.24, 2.45) is 0 Å². The minimum atomic E-state index is -0.834. The van der Waals surface area contributed by atoms with Crippen LogP contribution in [0, 0.1) is 0 Å². The fraction of sp³-hybridized carbons (Fsp3) is 0.323. The minimum absolute atomic E-state index is 0.0228. The molecule has 0 fully saturated rings. The summed E-state index contributed by atoms with van der Waals surface area (Å²) in [7, 11) is 1.55. The molecule has 0 unspecified atom stereocenters. The van der Waals surface area contributed by atoms with E-state index in [4.69, 9.17) is 13.9 Å². The molecule has 1 aliphatic rings. The summed E-state index contributed by atoms with van der Waals surface area (Å²) in [6.45, 7) is 3.62. The van der Waals surface area contributed by atoms with Gasteiger partial charge in [0.1, 0.15) is 5.58 Å². The number of carbonyl (C=O) groups is 2. The summed E-state index contributed by atoms with van der Waals surface area (Å²) in [5.41, 5.74) is 1.15. The molecule has 2 aromatic heterocycles. The van der Waals surface area contributed by atoms with E-state index in [1.165, 1.54) is 4.90 Å². The van der Waals surface area contributed by atoms with E-state index in [9.17, 15) is 14.7 Å². The van der Waals surface area contributed by atoms with Crippen LogP contribution < -0.4 is 9.47 Å². The zero-order valence-electron chi connectivity index (χ0n) is 22.7. The summed E-state index contributed by atoms with van der Waals surface area (Å²) in [5.74, 6) is -0.587.